The highest BCUT2D eigenvalue weighted by Crippen LogP contribution is 2.31. The molecule has 0 radical (unpaired) electrons. The second kappa shape index (κ2) is 8.87. The second-order valence-corrected chi connectivity index (χ2v) is 7.59. The molecule has 1 aliphatic rings. The Morgan fingerprint density at radius 2 is 1.85 bits per heavy atom. The molecule has 4 heterocycles. The third-order valence-electron chi connectivity index (χ3n) is 5.49. The number of pyridine rings is 2. The highest BCUT2D eigenvalue weighted by atomic mass is 19.1. The average molecular weight is 445 g/mol. The zero-order valence-electron chi connectivity index (χ0n) is 17.7. The Bertz CT molecular complexity index is 1320. The number of hydrogen-bond donors (Lipinski definition) is 2. The van der Waals surface area contributed by atoms with Crippen molar-refractivity contribution in [3.63, 3.8) is 0 Å². The Balaban J connectivity index is 1.60. The maximum atomic E-state index is 14.1. The zero-order valence-corrected chi connectivity index (χ0v) is 17.7. The molecule has 1 aromatic carbocycles. The Morgan fingerprint density at radius 3 is 2.61 bits per heavy atom. The van der Waals surface area contributed by atoms with Crippen molar-refractivity contribution >= 4 is 34.3 Å². The molecule has 2 N–H and O–H groups in total. The van der Waals surface area contributed by atoms with Crippen LogP contribution in [0.4, 0.5) is 26.1 Å². The number of piperazine rings is 1. The number of anilines is 3. The molecular formula is C24H21F2N7. The summed E-state index contributed by atoms with van der Waals surface area (Å²) in [5.41, 5.74) is 1.95. The summed E-state index contributed by atoms with van der Waals surface area (Å²) in [5.74, 6) is 0.155. The lowest BCUT2D eigenvalue weighted by Gasteiger charge is -2.29. The topological polar surface area (TPSA) is 78.9 Å². The third kappa shape index (κ3) is 4.10. The minimum atomic E-state index is -0.701. The Labute approximate surface area is 189 Å². The van der Waals surface area contributed by atoms with Crippen LogP contribution in [0.15, 0.2) is 55.5 Å². The van der Waals surface area contributed by atoms with E-state index in [1.165, 1.54) is 18.2 Å². The number of hydrogen-bond acceptors (Lipinski definition) is 7. The molecule has 1 fully saturated rings. The van der Waals surface area contributed by atoms with Gasteiger partial charge in [-0.25, -0.2) is 23.7 Å². The first kappa shape index (κ1) is 20.9. The smallest absolute Gasteiger partial charge is 0.162 e. The van der Waals surface area contributed by atoms with Gasteiger partial charge in [0.25, 0.3) is 0 Å². The standard InChI is InChI=1S/C24H21F2N7/c1-2-15-13-28-14-19-21(15)24(33-10-8-27-9-11-33)32-23(30-19)16-6-7-29-20(12-16)31-22-17(25)4-3-5-18(22)26/h2-7,12-14,27H,1,8-11H2,(H,29,31). The van der Waals surface area contributed by atoms with Gasteiger partial charge in [0, 0.05) is 49.7 Å². The molecule has 5 rings (SSSR count). The van der Waals surface area contributed by atoms with Gasteiger partial charge in [0.1, 0.15) is 29.0 Å². The Hall–Kier alpha value is -3.98. The van der Waals surface area contributed by atoms with Gasteiger partial charge in [0.2, 0.25) is 0 Å². The number of benzene rings is 1. The molecule has 166 valence electrons. The van der Waals surface area contributed by atoms with Crippen LogP contribution in [-0.2, 0) is 0 Å². The summed E-state index contributed by atoms with van der Waals surface area (Å²) in [4.78, 5) is 20.3. The number of halogens is 2. The summed E-state index contributed by atoms with van der Waals surface area (Å²) in [6, 6.07) is 7.11. The second-order valence-electron chi connectivity index (χ2n) is 7.59. The van der Waals surface area contributed by atoms with Crippen LogP contribution in [0, 0.1) is 11.6 Å². The van der Waals surface area contributed by atoms with E-state index in [1.54, 1.807) is 36.8 Å². The van der Waals surface area contributed by atoms with Crippen molar-refractivity contribution in [1.82, 2.24) is 25.3 Å². The van der Waals surface area contributed by atoms with Gasteiger partial charge in [0.05, 0.1) is 17.1 Å². The number of nitrogens with one attached hydrogen (secondary N) is 2. The quantitative estimate of drug-likeness (QED) is 0.478. The van der Waals surface area contributed by atoms with E-state index < -0.39 is 11.6 Å². The molecule has 3 aromatic heterocycles. The summed E-state index contributed by atoms with van der Waals surface area (Å²) < 4.78 is 28.2. The molecule has 0 atom stereocenters. The molecule has 4 aromatic rings. The van der Waals surface area contributed by atoms with E-state index in [-0.39, 0.29) is 11.5 Å². The minimum absolute atomic E-state index is 0.261. The highest BCUT2D eigenvalue weighted by molar-refractivity contribution is 5.97. The molecule has 0 bridgehead atoms. The molecule has 0 saturated carbocycles. The van der Waals surface area contributed by atoms with Crippen molar-refractivity contribution in [1.29, 1.82) is 0 Å². The van der Waals surface area contributed by atoms with Crippen molar-refractivity contribution in [3.8, 4) is 11.4 Å². The SMILES string of the molecule is C=Cc1cncc2nc(-c3ccnc(Nc4c(F)cccc4F)c3)nc(N3CCNCC3)c12. The van der Waals surface area contributed by atoms with Crippen molar-refractivity contribution < 1.29 is 8.78 Å². The van der Waals surface area contributed by atoms with Crippen LogP contribution >= 0.6 is 0 Å². The molecule has 0 amide bonds. The van der Waals surface area contributed by atoms with Crippen molar-refractivity contribution in [2.75, 3.05) is 36.4 Å². The molecular weight excluding hydrogens is 424 g/mol. The number of nitrogens with zero attached hydrogens (tertiary/aromatic N) is 5. The number of rotatable bonds is 5. The molecule has 9 heteroatoms. The van der Waals surface area contributed by atoms with Crippen molar-refractivity contribution in [2.45, 2.75) is 0 Å². The van der Waals surface area contributed by atoms with Crippen LogP contribution in [0.25, 0.3) is 28.4 Å². The third-order valence-corrected chi connectivity index (χ3v) is 5.49. The van der Waals surface area contributed by atoms with E-state index >= 15 is 0 Å². The summed E-state index contributed by atoms with van der Waals surface area (Å²) in [6.07, 6.45) is 6.75. The van der Waals surface area contributed by atoms with Gasteiger partial charge in [0.15, 0.2) is 5.82 Å². The van der Waals surface area contributed by atoms with Crippen LogP contribution in [-0.4, -0.2) is 46.1 Å². The zero-order chi connectivity index (χ0) is 22.8. The highest BCUT2D eigenvalue weighted by Gasteiger charge is 2.20. The predicted molar refractivity (Wildman–Crippen MR) is 125 cm³/mol. The Morgan fingerprint density at radius 1 is 1.06 bits per heavy atom. The average Bonchev–Trinajstić information content (AvgIpc) is 2.86. The molecule has 0 unspecified atom stereocenters. The molecule has 0 spiro atoms. The van der Waals surface area contributed by atoms with Crippen LogP contribution in [0.5, 0.6) is 0 Å². The molecule has 1 aliphatic heterocycles. The van der Waals surface area contributed by atoms with Gasteiger partial charge in [-0.1, -0.05) is 18.7 Å². The first-order chi connectivity index (χ1) is 16.1. The lowest BCUT2D eigenvalue weighted by atomic mass is 10.1. The lowest BCUT2D eigenvalue weighted by molar-refractivity contribution is 0.586. The van der Waals surface area contributed by atoms with Gasteiger partial charge in [-0.3, -0.25) is 4.98 Å². The number of para-hydroxylation sites is 1. The summed E-state index contributed by atoms with van der Waals surface area (Å²) >= 11 is 0. The largest absolute Gasteiger partial charge is 0.353 e. The molecule has 0 aliphatic carbocycles. The monoisotopic (exact) mass is 445 g/mol. The van der Waals surface area contributed by atoms with Gasteiger partial charge in [-0.05, 0) is 24.3 Å². The van der Waals surface area contributed by atoms with Crippen LogP contribution in [0.1, 0.15) is 5.56 Å². The fraction of sp³-hybridized carbons (Fsp3) is 0.167. The van der Waals surface area contributed by atoms with E-state index in [9.17, 15) is 8.78 Å². The van der Waals surface area contributed by atoms with Crippen molar-refractivity contribution in [3.05, 3.63) is 72.7 Å². The van der Waals surface area contributed by atoms with Gasteiger partial charge in [-0.15, -0.1) is 0 Å². The maximum Gasteiger partial charge on any atom is 0.162 e. The first-order valence-electron chi connectivity index (χ1n) is 10.6. The first-order valence-corrected chi connectivity index (χ1v) is 10.6. The summed E-state index contributed by atoms with van der Waals surface area (Å²) in [6.45, 7) is 7.23. The van der Waals surface area contributed by atoms with Crippen LogP contribution < -0.4 is 15.5 Å². The lowest BCUT2D eigenvalue weighted by Crippen LogP contribution is -2.44. The molecule has 7 nitrogen and oxygen atoms in total. The summed E-state index contributed by atoms with van der Waals surface area (Å²) in [7, 11) is 0. The number of aromatic nitrogens is 4. The van der Waals surface area contributed by atoms with Crippen LogP contribution in [0.2, 0.25) is 0 Å². The normalized spacial score (nSPS) is 13.8. The van der Waals surface area contributed by atoms with E-state index in [4.69, 9.17) is 9.97 Å². The Kier molecular flexibility index (Phi) is 5.62. The number of fused-ring (bicyclic) bond motifs is 1. The molecule has 1 saturated heterocycles. The minimum Gasteiger partial charge on any atom is -0.353 e. The van der Waals surface area contributed by atoms with Gasteiger partial charge < -0.3 is 15.5 Å². The van der Waals surface area contributed by atoms with E-state index in [0.717, 1.165) is 42.9 Å². The van der Waals surface area contributed by atoms with E-state index in [0.29, 0.717) is 16.9 Å². The van der Waals surface area contributed by atoms with Gasteiger partial charge in [-0.2, -0.15) is 0 Å². The maximum absolute atomic E-state index is 14.1. The summed E-state index contributed by atoms with van der Waals surface area (Å²) in [5, 5.41) is 6.97. The fourth-order valence-corrected chi connectivity index (χ4v) is 3.86. The fourth-order valence-electron chi connectivity index (χ4n) is 3.86. The van der Waals surface area contributed by atoms with Crippen LogP contribution in [0.3, 0.4) is 0 Å². The van der Waals surface area contributed by atoms with E-state index in [1.807, 2.05) is 0 Å². The van der Waals surface area contributed by atoms with Gasteiger partial charge >= 0.3 is 0 Å². The molecule has 33 heavy (non-hydrogen) atoms. The van der Waals surface area contributed by atoms with E-state index in [2.05, 4.69) is 32.1 Å². The van der Waals surface area contributed by atoms with Crippen molar-refractivity contribution in [2.24, 2.45) is 0 Å². The predicted octanol–water partition coefficient (Wildman–Crippen LogP) is 4.16.